The van der Waals surface area contributed by atoms with E-state index in [0.29, 0.717) is 11.8 Å². The molecule has 2 rings (SSSR count). The second-order valence-corrected chi connectivity index (χ2v) is 5.13. The van der Waals surface area contributed by atoms with E-state index >= 15 is 0 Å². The van der Waals surface area contributed by atoms with E-state index < -0.39 is 0 Å². The molecule has 1 nitrogen and oxygen atoms in total. The third-order valence-corrected chi connectivity index (χ3v) is 3.64. The van der Waals surface area contributed by atoms with Crippen LogP contribution in [0.1, 0.15) is 37.8 Å². The number of hydrogen-bond acceptors (Lipinski definition) is 1. The third-order valence-electron chi connectivity index (χ3n) is 3.64. The average Bonchev–Trinajstić information content (AvgIpc) is 2.36. The van der Waals surface area contributed by atoms with Crippen LogP contribution < -0.4 is 0 Å². The van der Waals surface area contributed by atoms with E-state index in [9.17, 15) is 0 Å². The molecule has 17 heavy (non-hydrogen) atoms. The largest absolute Gasteiger partial charge is 0.392 e. The van der Waals surface area contributed by atoms with Crippen LogP contribution in [0.25, 0.3) is 10.8 Å². The van der Waals surface area contributed by atoms with Gasteiger partial charge >= 0.3 is 0 Å². The van der Waals surface area contributed by atoms with Crippen molar-refractivity contribution in [2.75, 3.05) is 0 Å². The zero-order chi connectivity index (χ0) is 12.4. The lowest BCUT2D eigenvalue weighted by atomic mass is 9.89. The molecular weight excluding hydrogens is 208 g/mol. The number of fused-ring (bicyclic) bond motifs is 1. The van der Waals surface area contributed by atoms with Crippen LogP contribution in [0.3, 0.4) is 0 Å². The Morgan fingerprint density at radius 1 is 0.941 bits per heavy atom. The van der Waals surface area contributed by atoms with Crippen LogP contribution in [0.2, 0.25) is 0 Å². The molecule has 0 heterocycles. The van der Waals surface area contributed by atoms with Gasteiger partial charge in [-0.3, -0.25) is 0 Å². The molecule has 0 aliphatic heterocycles. The predicted octanol–water partition coefficient (Wildman–Crippen LogP) is 4.09. The number of aliphatic hydroxyl groups excluding tert-OH is 1. The fourth-order valence-corrected chi connectivity index (χ4v) is 2.08. The van der Waals surface area contributed by atoms with Crippen LogP contribution in [-0.2, 0) is 6.61 Å². The van der Waals surface area contributed by atoms with Gasteiger partial charge in [0.15, 0.2) is 0 Å². The molecule has 0 saturated carbocycles. The van der Waals surface area contributed by atoms with Crippen molar-refractivity contribution in [3.63, 3.8) is 0 Å². The monoisotopic (exact) mass is 228 g/mol. The van der Waals surface area contributed by atoms with Gasteiger partial charge in [0, 0.05) is 0 Å². The topological polar surface area (TPSA) is 20.2 Å². The van der Waals surface area contributed by atoms with Crippen LogP contribution in [-0.4, -0.2) is 5.11 Å². The minimum atomic E-state index is 0.111. The Hall–Kier alpha value is -1.34. The van der Waals surface area contributed by atoms with Crippen LogP contribution in [0.15, 0.2) is 36.4 Å². The first-order valence-corrected chi connectivity index (χ1v) is 6.25. The molecular formula is C16H20O. The smallest absolute Gasteiger partial charge is 0.0682 e. The molecule has 0 bridgehead atoms. The number of aliphatic hydroxyl groups is 1. The van der Waals surface area contributed by atoms with E-state index in [0.717, 1.165) is 5.56 Å². The summed E-state index contributed by atoms with van der Waals surface area (Å²) in [7, 11) is 0. The molecule has 0 amide bonds. The van der Waals surface area contributed by atoms with Crippen molar-refractivity contribution >= 4 is 10.8 Å². The predicted molar refractivity (Wildman–Crippen MR) is 73.1 cm³/mol. The highest BCUT2D eigenvalue weighted by Crippen LogP contribution is 2.27. The summed E-state index contributed by atoms with van der Waals surface area (Å²) >= 11 is 0. The Morgan fingerprint density at radius 2 is 1.59 bits per heavy atom. The second-order valence-electron chi connectivity index (χ2n) is 5.13. The molecule has 90 valence electrons. The van der Waals surface area contributed by atoms with Crippen molar-refractivity contribution in [1.29, 1.82) is 0 Å². The van der Waals surface area contributed by atoms with Gasteiger partial charge in [0.05, 0.1) is 6.61 Å². The van der Waals surface area contributed by atoms with Crippen molar-refractivity contribution < 1.29 is 5.11 Å². The Kier molecular flexibility index (Phi) is 3.49. The van der Waals surface area contributed by atoms with Gasteiger partial charge < -0.3 is 5.11 Å². The molecule has 0 fully saturated rings. The summed E-state index contributed by atoms with van der Waals surface area (Å²) in [6.07, 6.45) is 0. The first-order valence-electron chi connectivity index (χ1n) is 6.25. The average molecular weight is 228 g/mol. The summed E-state index contributed by atoms with van der Waals surface area (Å²) in [6.45, 7) is 6.89. The maximum Gasteiger partial charge on any atom is 0.0682 e. The van der Waals surface area contributed by atoms with E-state index in [4.69, 9.17) is 5.11 Å². The van der Waals surface area contributed by atoms with Gasteiger partial charge in [-0.1, -0.05) is 51.1 Å². The SMILES string of the molecule is CC(C)C(C)c1ccc2cc(CO)ccc2c1. The zero-order valence-electron chi connectivity index (χ0n) is 10.8. The molecule has 0 radical (unpaired) electrons. The summed E-state index contributed by atoms with van der Waals surface area (Å²) in [5.41, 5.74) is 2.37. The molecule has 1 unspecified atom stereocenters. The Labute approximate surface area is 103 Å². The van der Waals surface area contributed by atoms with Gasteiger partial charge in [-0.25, -0.2) is 0 Å². The molecule has 1 atom stereocenters. The summed E-state index contributed by atoms with van der Waals surface area (Å²) in [6, 6.07) is 12.8. The highest BCUT2D eigenvalue weighted by atomic mass is 16.3. The van der Waals surface area contributed by atoms with Crippen LogP contribution in [0.5, 0.6) is 0 Å². The van der Waals surface area contributed by atoms with Crippen molar-refractivity contribution in [3.05, 3.63) is 47.5 Å². The van der Waals surface area contributed by atoms with E-state index in [1.54, 1.807) is 0 Å². The second kappa shape index (κ2) is 4.89. The highest BCUT2D eigenvalue weighted by molar-refractivity contribution is 5.83. The third kappa shape index (κ3) is 2.50. The van der Waals surface area contributed by atoms with Gasteiger partial charge in [0.25, 0.3) is 0 Å². The summed E-state index contributed by atoms with van der Waals surface area (Å²) < 4.78 is 0. The minimum absolute atomic E-state index is 0.111. The standard InChI is InChI=1S/C16H20O/c1-11(2)12(3)14-6-7-15-8-13(10-17)4-5-16(15)9-14/h4-9,11-12,17H,10H2,1-3H3. The molecule has 0 aromatic heterocycles. The lowest BCUT2D eigenvalue weighted by molar-refractivity contribution is 0.282. The van der Waals surface area contributed by atoms with E-state index in [-0.39, 0.29) is 6.61 Å². The van der Waals surface area contributed by atoms with Gasteiger partial charge in [-0.2, -0.15) is 0 Å². The number of hydrogen-bond donors (Lipinski definition) is 1. The van der Waals surface area contributed by atoms with Gasteiger partial charge in [-0.15, -0.1) is 0 Å². The molecule has 0 spiro atoms. The maximum absolute atomic E-state index is 9.11. The van der Waals surface area contributed by atoms with Crippen molar-refractivity contribution in [1.82, 2.24) is 0 Å². The first-order chi connectivity index (χ1) is 8.11. The molecule has 2 aromatic rings. The van der Waals surface area contributed by atoms with Gasteiger partial charge in [0.2, 0.25) is 0 Å². The Balaban J connectivity index is 2.44. The summed E-state index contributed by atoms with van der Waals surface area (Å²) in [5.74, 6) is 1.24. The maximum atomic E-state index is 9.11. The molecule has 1 heteroatoms. The van der Waals surface area contributed by atoms with Crippen LogP contribution >= 0.6 is 0 Å². The van der Waals surface area contributed by atoms with Crippen molar-refractivity contribution in [3.8, 4) is 0 Å². The van der Waals surface area contributed by atoms with E-state index in [1.807, 2.05) is 6.07 Å². The quantitative estimate of drug-likeness (QED) is 0.838. The minimum Gasteiger partial charge on any atom is -0.392 e. The highest BCUT2D eigenvalue weighted by Gasteiger charge is 2.10. The summed E-state index contributed by atoms with van der Waals surface area (Å²) in [5, 5.41) is 11.6. The van der Waals surface area contributed by atoms with E-state index in [2.05, 4.69) is 51.1 Å². The fraction of sp³-hybridized carbons (Fsp3) is 0.375. The van der Waals surface area contributed by atoms with Crippen LogP contribution in [0.4, 0.5) is 0 Å². The lowest BCUT2D eigenvalue weighted by Gasteiger charge is -2.16. The van der Waals surface area contributed by atoms with Gasteiger partial charge in [-0.05, 0) is 39.8 Å². The molecule has 0 saturated heterocycles. The molecule has 0 aliphatic carbocycles. The lowest BCUT2D eigenvalue weighted by Crippen LogP contribution is -2.01. The summed E-state index contributed by atoms with van der Waals surface area (Å²) in [4.78, 5) is 0. The molecule has 2 aromatic carbocycles. The normalized spacial score (nSPS) is 13.2. The van der Waals surface area contributed by atoms with E-state index in [1.165, 1.54) is 16.3 Å². The Morgan fingerprint density at radius 3 is 2.24 bits per heavy atom. The van der Waals surface area contributed by atoms with Gasteiger partial charge in [0.1, 0.15) is 0 Å². The molecule has 1 N–H and O–H groups in total. The Bertz CT molecular complexity index is 514. The van der Waals surface area contributed by atoms with Crippen molar-refractivity contribution in [2.45, 2.75) is 33.3 Å². The first kappa shape index (κ1) is 12.1. The van der Waals surface area contributed by atoms with Crippen molar-refractivity contribution in [2.24, 2.45) is 5.92 Å². The number of benzene rings is 2. The van der Waals surface area contributed by atoms with Crippen LogP contribution in [0, 0.1) is 5.92 Å². The number of rotatable bonds is 3. The fourth-order valence-electron chi connectivity index (χ4n) is 2.08. The molecule has 0 aliphatic rings. The zero-order valence-corrected chi connectivity index (χ0v) is 10.8.